The van der Waals surface area contributed by atoms with Gasteiger partial charge >= 0.3 is 6.03 Å². The Balaban J connectivity index is 1.51. The average molecular weight is 431 g/mol. The highest BCUT2D eigenvalue weighted by Gasteiger charge is 2.17. The summed E-state index contributed by atoms with van der Waals surface area (Å²) in [5.41, 5.74) is 8.24. The number of aryl methyl sites for hydroxylation is 3. The Morgan fingerprint density at radius 3 is 2.19 bits per heavy atom. The first kappa shape index (κ1) is 21.2. The zero-order valence-corrected chi connectivity index (χ0v) is 18.7. The molecule has 1 N–H and O–H groups in total. The van der Waals surface area contributed by atoms with E-state index in [2.05, 4.69) is 59.9 Å². The zero-order valence-electron chi connectivity index (χ0n) is 18.0. The molecule has 3 nitrogen and oxygen atoms in total. The van der Waals surface area contributed by atoms with E-state index in [1.165, 1.54) is 27.8 Å². The Bertz CT molecular complexity index is 1070. The SMILES string of the molecule is Cc1cccc(Cl)c1NC(=O)N(C)CCC=C1c2ccccc2CCc2ccccc21. The maximum atomic E-state index is 12.7. The second kappa shape index (κ2) is 9.40. The van der Waals surface area contributed by atoms with Crippen LogP contribution in [0.2, 0.25) is 5.02 Å². The Hall–Kier alpha value is -3.04. The predicted octanol–water partition coefficient (Wildman–Crippen LogP) is 6.73. The Morgan fingerprint density at radius 1 is 0.968 bits per heavy atom. The molecule has 0 spiro atoms. The number of urea groups is 1. The van der Waals surface area contributed by atoms with Crippen molar-refractivity contribution in [2.24, 2.45) is 0 Å². The van der Waals surface area contributed by atoms with E-state index in [1.807, 2.05) is 26.1 Å². The third-order valence-corrected chi connectivity index (χ3v) is 6.21. The van der Waals surface area contributed by atoms with Gasteiger partial charge in [-0.15, -0.1) is 0 Å². The molecule has 0 saturated carbocycles. The minimum absolute atomic E-state index is 0.156. The normalized spacial score (nSPS) is 12.4. The van der Waals surface area contributed by atoms with Gasteiger partial charge < -0.3 is 10.2 Å². The number of nitrogens with one attached hydrogen (secondary N) is 1. The Kier molecular flexibility index (Phi) is 6.43. The number of nitrogens with zero attached hydrogens (tertiary/aromatic N) is 1. The van der Waals surface area contributed by atoms with Crippen LogP contribution in [0.25, 0.3) is 5.57 Å². The topological polar surface area (TPSA) is 32.3 Å². The number of para-hydroxylation sites is 1. The Labute approximate surface area is 189 Å². The van der Waals surface area contributed by atoms with Crippen LogP contribution in [0.3, 0.4) is 0 Å². The van der Waals surface area contributed by atoms with Crippen LogP contribution in [0.5, 0.6) is 0 Å². The van der Waals surface area contributed by atoms with E-state index in [4.69, 9.17) is 11.6 Å². The lowest BCUT2D eigenvalue weighted by atomic mass is 9.93. The monoisotopic (exact) mass is 430 g/mol. The molecule has 0 aromatic heterocycles. The Morgan fingerprint density at radius 2 is 1.58 bits per heavy atom. The number of halogens is 1. The van der Waals surface area contributed by atoms with Gasteiger partial charge in [0.2, 0.25) is 0 Å². The first-order chi connectivity index (χ1) is 15.0. The summed E-state index contributed by atoms with van der Waals surface area (Å²) in [6, 6.07) is 22.7. The number of fused-ring (bicyclic) bond motifs is 2. The molecule has 0 fully saturated rings. The van der Waals surface area contributed by atoms with Gasteiger partial charge in [-0.1, -0.05) is 78.3 Å². The van der Waals surface area contributed by atoms with E-state index < -0.39 is 0 Å². The fraction of sp³-hybridized carbons (Fsp3) is 0.222. The van der Waals surface area contributed by atoms with Crippen LogP contribution in [0.1, 0.15) is 34.2 Å². The summed E-state index contributed by atoms with van der Waals surface area (Å²) in [6.45, 7) is 2.55. The smallest absolute Gasteiger partial charge is 0.321 e. The molecule has 4 rings (SSSR count). The molecular formula is C27H27ClN2O. The molecule has 31 heavy (non-hydrogen) atoms. The van der Waals surface area contributed by atoms with Crippen LogP contribution >= 0.6 is 11.6 Å². The van der Waals surface area contributed by atoms with Crippen molar-refractivity contribution in [3.8, 4) is 0 Å². The summed E-state index contributed by atoms with van der Waals surface area (Å²) < 4.78 is 0. The maximum Gasteiger partial charge on any atom is 0.321 e. The van der Waals surface area contributed by atoms with Crippen molar-refractivity contribution < 1.29 is 4.79 Å². The molecule has 0 aliphatic heterocycles. The van der Waals surface area contributed by atoms with E-state index >= 15 is 0 Å². The number of benzene rings is 3. The summed E-state index contributed by atoms with van der Waals surface area (Å²) in [5.74, 6) is 0. The standard InChI is InChI=1S/C27H27ClN2O/c1-19-9-7-15-25(28)26(19)29-27(31)30(2)18-8-14-24-22-12-5-3-10-20(22)16-17-21-11-4-6-13-23(21)24/h3-7,9-15H,8,16-18H2,1-2H3,(H,29,31). The first-order valence-corrected chi connectivity index (χ1v) is 11.1. The summed E-state index contributed by atoms with van der Waals surface area (Å²) in [7, 11) is 1.81. The molecule has 0 atom stereocenters. The average Bonchev–Trinajstić information content (AvgIpc) is 2.93. The third-order valence-electron chi connectivity index (χ3n) is 5.89. The van der Waals surface area contributed by atoms with Gasteiger partial charge in [-0.25, -0.2) is 4.79 Å². The van der Waals surface area contributed by atoms with Gasteiger partial charge in [0.05, 0.1) is 10.7 Å². The van der Waals surface area contributed by atoms with Gasteiger partial charge in [-0.05, 0) is 65.6 Å². The molecule has 3 aromatic rings. The lowest BCUT2D eigenvalue weighted by Crippen LogP contribution is -2.32. The fourth-order valence-corrected chi connectivity index (χ4v) is 4.40. The number of rotatable bonds is 4. The number of carbonyl (C=O) groups excluding carboxylic acids is 1. The third kappa shape index (κ3) is 4.67. The van der Waals surface area contributed by atoms with Crippen molar-refractivity contribution >= 4 is 28.9 Å². The van der Waals surface area contributed by atoms with E-state index in [1.54, 1.807) is 11.0 Å². The molecule has 0 heterocycles. The molecule has 4 heteroatoms. The molecule has 0 radical (unpaired) electrons. The molecule has 0 bridgehead atoms. The molecular weight excluding hydrogens is 404 g/mol. The van der Waals surface area contributed by atoms with Crippen molar-refractivity contribution in [1.82, 2.24) is 4.90 Å². The van der Waals surface area contributed by atoms with Crippen molar-refractivity contribution in [3.05, 3.63) is 106 Å². The molecule has 2 amide bonds. The van der Waals surface area contributed by atoms with Gasteiger partial charge in [-0.3, -0.25) is 0 Å². The number of anilines is 1. The fourth-order valence-electron chi connectivity index (χ4n) is 4.13. The van der Waals surface area contributed by atoms with Gasteiger partial charge in [-0.2, -0.15) is 0 Å². The van der Waals surface area contributed by atoms with Crippen molar-refractivity contribution in [2.75, 3.05) is 18.9 Å². The van der Waals surface area contributed by atoms with E-state index in [0.29, 0.717) is 17.3 Å². The summed E-state index contributed by atoms with van der Waals surface area (Å²) in [6.07, 6.45) is 5.13. The molecule has 3 aromatic carbocycles. The van der Waals surface area contributed by atoms with Crippen LogP contribution < -0.4 is 5.32 Å². The van der Waals surface area contributed by atoms with Crippen molar-refractivity contribution in [3.63, 3.8) is 0 Å². The molecule has 0 unspecified atom stereocenters. The largest absolute Gasteiger partial charge is 0.327 e. The lowest BCUT2D eigenvalue weighted by molar-refractivity contribution is 0.223. The van der Waals surface area contributed by atoms with E-state index in [9.17, 15) is 4.79 Å². The first-order valence-electron chi connectivity index (χ1n) is 10.7. The van der Waals surface area contributed by atoms with Crippen LogP contribution in [-0.2, 0) is 12.8 Å². The molecule has 0 saturated heterocycles. The van der Waals surface area contributed by atoms with Gasteiger partial charge in [0.25, 0.3) is 0 Å². The van der Waals surface area contributed by atoms with Gasteiger partial charge in [0.15, 0.2) is 0 Å². The number of hydrogen-bond acceptors (Lipinski definition) is 1. The number of hydrogen-bond donors (Lipinski definition) is 1. The lowest BCUT2D eigenvalue weighted by Gasteiger charge is -2.19. The highest BCUT2D eigenvalue weighted by Crippen LogP contribution is 2.33. The second-order valence-electron chi connectivity index (χ2n) is 8.00. The molecule has 158 valence electrons. The minimum atomic E-state index is -0.156. The predicted molar refractivity (Wildman–Crippen MR) is 130 cm³/mol. The summed E-state index contributed by atoms with van der Waals surface area (Å²) >= 11 is 6.25. The maximum absolute atomic E-state index is 12.7. The zero-order chi connectivity index (χ0) is 21.8. The van der Waals surface area contributed by atoms with Crippen molar-refractivity contribution in [2.45, 2.75) is 26.2 Å². The molecule has 1 aliphatic carbocycles. The summed E-state index contributed by atoms with van der Waals surface area (Å²) in [5, 5.41) is 3.49. The second-order valence-corrected chi connectivity index (χ2v) is 8.41. The van der Waals surface area contributed by atoms with Crippen LogP contribution in [0.4, 0.5) is 10.5 Å². The van der Waals surface area contributed by atoms with Crippen LogP contribution in [0, 0.1) is 6.92 Å². The van der Waals surface area contributed by atoms with Gasteiger partial charge in [0, 0.05) is 13.6 Å². The quantitative estimate of drug-likeness (QED) is 0.488. The highest BCUT2D eigenvalue weighted by molar-refractivity contribution is 6.33. The molecule has 1 aliphatic rings. The highest BCUT2D eigenvalue weighted by atomic mass is 35.5. The van der Waals surface area contributed by atoms with E-state index in [-0.39, 0.29) is 6.03 Å². The van der Waals surface area contributed by atoms with Gasteiger partial charge in [0.1, 0.15) is 0 Å². The minimum Gasteiger partial charge on any atom is -0.327 e. The van der Waals surface area contributed by atoms with Crippen LogP contribution in [0.15, 0.2) is 72.8 Å². The number of amides is 2. The van der Waals surface area contributed by atoms with E-state index in [0.717, 1.165) is 24.8 Å². The number of carbonyl (C=O) groups is 1. The van der Waals surface area contributed by atoms with Crippen molar-refractivity contribution in [1.29, 1.82) is 0 Å². The van der Waals surface area contributed by atoms with Crippen LogP contribution in [-0.4, -0.2) is 24.5 Å². The summed E-state index contributed by atoms with van der Waals surface area (Å²) in [4.78, 5) is 14.4.